The van der Waals surface area contributed by atoms with Crippen molar-refractivity contribution in [3.05, 3.63) is 83.9 Å². The number of nitrogens with zero attached hydrogens (tertiary/aromatic N) is 1. The summed E-state index contributed by atoms with van der Waals surface area (Å²) in [4.78, 5) is 19.8. The molecule has 25 heavy (non-hydrogen) atoms. The molecule has 0 aliphatic rings. The van der Waals surface area contributed by atoms with Crippen LogP contribution in [-0.4, -0.2) is 29.9 Å². The summed E-state index contributed by atoms with van der Waals surface area (Å²) in [5, 5.41) is 0. The number of carbonyl (C=O) groups excluding carboxylic acids is 1. The number of hydrogen-bond acceptors (Lipinski definition) is 4. The first-order valence-corrected chi connectivity index (χ1v) is 9.50. The molecular weight excluding hydrogens is 336 g/mol. The average Bonchev–Trinajstić information content (AvgIpc) is 3.15. The third kappa shape index (κ3) is 3.85. The van der Waals surface area contributed by atoms with Gasteiger partial charge in [-0.1, -0.05) is 48.0 Å². The molecule has 1 unspecified atom stereocenters. The van der Waals surface area contributed by atoms with E-state index in [1.165, 1.54) is 6.20 Å². The van der Waals surface area contributed by atoms with Crippen molar-refractivity contribution in [2.24, 2.45) is 0 Å². The predicted octanol–water partition coefficient (Wildman–Crippen LogP) is 3.16. The standard InChI is InChI=1S/C19H18N2O3S/c1-14-7-9-16(10-8-14)25(23,24)13-17(15-5-3-2-4-6-15)18(22)19-20-11-12-21-19/h2-12,17H,13H2,1H3,(H,20,21). The number of rotatable bonds is 6. The number of aryl methyl sites for hydroxylation is 1. The van der Waals surface area contributed by atoms with Gasteiger partial charge in [-0.05, 0) is 24.6 Å². The summed E-state index contributed by atoms with van der Waals surface area (Å²) in [5.41, 5.74) is 1.63. The van der Waals surface area contributed by atoms with Gasteiger partial charge in [-0.2, -0.15) is 0 Å². The molecule has 0 aliphatic heterocycles. The van der Waals surface area contributed by atoms with Crippen molar-refractivity contribution < 1.29 is 13.2 Å². The summed E-state index contributed by atoms with van der Waals surface area (Å²) in [6.45, 7) is 1.89. The second-order valence-electron chi connectivity index (χ2n) is 5.86. The molecule has 0 aliphatic carbocycles. The SMILES string of the molecule is Cc1ccc(S(=O)(=O)CC(C(=O)c2ncc[nH]2)c2ccccc2)cc1. The Bertz CT molecular complexity index is 948. The molecule has 0 bridgehead atoms. The third-order valence-corrected chi connectivity index (χ3v) is 5.78. The molecule has 3 rings (SSSR count). The fraction of sp³-hybridized carbons (Fsp3) is 0.158. The summed E-state index contributed by atoms with van der Waals surface area (Å²) in [6.07, 6.45) is 3.02. The monoisotopic (exact) mass is 354 g/mol. The topological polar surface area (TPSA) is 79.9 Å². The Balaban J connectivity index is 1.97. The van der Waals surface area contributed by atoms with E-state index in [4.69, 9.17) is 0 Å². The Morgan fingerprint density at radius 3 is 2.36 bits per heavy atom. The van der Waals surface area contributed by atoms with Crippen LogP contribution in [0, 0.1) is 6.92 Å². The number of sulfone groups is 1. The highest BCUT2D eigenvalue weighted by atomic mass is 32.2. The van der Waals surface area contributed by atoms with Crippen LogP contribution in [0.4, 0.5) is 0 Å². The number of benzene rings is 2. The van der Waals surface area contributed by atoms with Crippen LogP contribution in [0.3, 0.4) is 0 Å². The minimum absolute atomic E-state index is 0.160. The first-order valence-electron chi connectivity index (χ1n) is 7.85. The van der Waals surface area contributed by atoms with Crippen LogP contribution < -0.4 is 0 Å². The highest BCUT2D eigenvalue weighted by Gasteiger charge is 2.30. The van der Waals surface area contributed by atoms with Gasteiger partial charge < -0.3 is 4.98 Å². The van der Waals surface area contributed by atoms with E-state index in [1.807, 2.05) is 13.0 Å². The predicted molar refractivity (Wildman–Crippen MR) is 95.3 cm³/mol. The van der Waals surface area contributed by atoms with E-state index in [0.29, 0.717) is 5.56 Å². The molecule has 0 fully saturated rings. The average molecular weight is 354 g/mol. The molecule has 0 spiro atoms. The number of H-pyrrole nitrogens is 1. The molecule has 128 valence electrons. The van der Waals surface area contributed by atoms with E-state index in [0.717, 1.165) is 5.56 Å². The molecular formula is C19H18N2O3S. The Morgan fingerprint density at radius 1 is 1.08 bits per heavy atom. The minimum atomic E-state index is -3.62. The van der Waals surface area contributed by atoms with Gasteiger partial charge in [-0.25, -0.2) is 13.4 Å². The molecule has 1 atom stereocenters. The van der Waals surface area contributed by atoms with Crippen molar-refractivity contribution in [1.82, 2.24) is 9.97 Å². The van der Waals surface area contributed by atoms with Crippen molar-refractivity contribution in [1.29, 1.82) is 0 Å². The van der Waals surface area contributed by atoms with Gasteiger partial charge in [-0.3, -0.25) is 4.79 Å². The van der Waals surface area contributed by atoms with Crippen LogP contribution in [0.5, 0.6) is 0 Å². The highest BCUT2D eigenvalue weighted by Crippen LogP contribution is 2.25. The summed E-state index contributed by atoms with van der Waals surface area (Å²) in [7, 11) is -3.62. The molecule has 5 nitrogen and oxygen atoms in total. The van der Waals surface area contributed by atoms with Crippen LogP contribution in [0.2, 0.25) is 0 Å². The number of nitrogens with one attached hydrogen (secondary N) is 1. The lowest BCUT2D eigenvalue weighted by Gasteiger charge is -2.16. The maximum atomic E-state index is 12.8. The third-order valence-electron chi connectivity index (χ3n) is 4.02. The van der Waals surface area contributed by atoms with Gasteiger partial charge in [0.05, 0.1) is 16.6 Å². The van der Waals surface area contributed by atoms with Crippen LogP contribution in [-0.2, 0) is 9.84 Å². The van der Waals surface area contributed by atoms with Gasteiger partial charge in [-0.15, -0.1) is 0 Å². The van der Waals surface area contributed by atoms with Gasteiger partial charge in [0.15, 0.2) is 15.7 Å². The van der Waals surface area contributed by atoms with Crippen molar-refractivity contribution >= 4 is 15.6 Å². The zero-order valence-electron chi connectivity index (χ0n) is 13.7. The molecule has 2 aromatic carbocycles. The van der Waals surface area contributed by atoms with Crippen molar-refractivity contribution in [3.63, 3.8) is 0 Å². The normalized spacial score (nSPS) is 12.7. The number of carbonyl (C=O) groups is 1. The number of imidazole rings is 1. The molecule has 6 heteroatoms. The molecule has 0 amide bonds. The van der Waals surface area contributed by atoms with E-state index < -0.39 is 15.8 Å². The number of hydrogen-bond donors (Lipinski definition) is 1. The van der Waals surface area contributed by atoms with Crippen LogP contribution in [0.25, 0.3) is 0 Å². The molecule has 0 radical (unpaired) electrons. The van der Waals surface area contributed by atoms with Gasteiger partial charge in [0.2, 0.25) is 5.78 Å². The van der Waals surface area contributed by atoms with Gasteiger partial charge in [0.25, 0.3) is 0 Å². The first kappa shape index (κ1) is 17.1. The molecule has 1 N–H and O–H groups in total. The molecule has 1 heterocycles. The largest absolute Gasteiger partial charge is 0.342 e. The van der Waals surface area contributed by atoms with E-state index in [2.05, 4.69) is 9.97 Å². The van der Waals surface area contributed by atoms with E-state index in [1.54, 1.807) is 54.7 Å². The second kappa shape index (κ2) is 7.03. The fourth-order valence-corrected chi connectivity index (χ4v) is 4.16. The second-order valence-corrected chi connectivity index (χ2v) is 7.89. The van der Waals surface area contributed by atoms with Crippen molar-refractivity contribution in [2.75, 3.05) is 5.75 Å². The summed E-state index contributed by atoms with van der Waals surface area (Å²) < 4.78 is 25.6. The smallest absolute Gasteiger partial charge is 0.206 e. The van der Waals surface area contributed by atoms with Gasteiger partial charge in [0, 0.05) is 12.4 Å². The van der Waals surface area contributed by atoms with Crippen molar-refractivity contribution in [3.8, 4) is 0 Å². The van der Waals surface area contributed by atoms with Gasteiger partial charge in [0.1, 0.15) is 0 Å². The lowest BCUT2D eigenvalue weighted by Crippen LogP contribution is -2.23. The highest BCUT2D eigenvalue weighted by molar-refractivity contribution is 7.91. The van der Waals surface area contributed by atoms with Crippen LogP contribution in [0.15, 0.2) is 71.9 Å². The summed E-state index contributed by atoms with van der Waals surface area (Å²) in [6, 6.07) is 15.6. The summed E-state index contributed by atoms with van der Waals surface area (Å²) in [5.74, 6) is -1.31. The van der Waals surface area contributed by atoms with Crippen molar-refractivity contribution in [2.45, 2.75) is 17.7 Å². The quantitative estimate of drug-likeness (QED) is 0.690. The first-order chi connectivity index (χ1) is 12.0. The number of aromatic nitrogens is 2. The zero-order valence-corrected chi connectivity index (χ0v) is 14.5. The van der Waals surface area contributed by atoms with Crippen LogP contribution in [0.1, 0.15) is 27.7 Å². The Labute approximate surface area is 146 Å². The maximum absolute atomic E-state index is 12.8. The number of Topliss-reactive ketones (excluding diaryl/α,β-unsaturated/α-hetero) is 1. The molecule has 0 saturated heterocycles. The Hall–Kier alpha value is -2.73. The van der Waals surface area contributed by atoms with E-state index >= 15 is 0 Å². The summed E-state index contributed by atoms with van der Waals surface area (Å²) >= 11 is 0. The molecule has 3 aromatic rings. The number of aromatic amines is 1. The Morgan fingerprint density at radius 2 is 1.76 bits per heavy atom. The van der Waals surface area contributed by atoms with Gasteiger partial charge >= 0.3 is 0 Å². The number of ketones is 1. The minimum Gasteiger partial charge on any atom is -0.342 e. The van der Waals surface area contributed by atoms with E-state index in [-0.39, 0.29) is 22.3 Å². The van der Waals surface area contributed by atoms with E-state index in [9.17, 15) is 13.2 Å². The Kier molecular flexibility index (Phi) is 4.81. The molecule has 1 aromatic heterocycles. The lowest BCUT2D eigenvalue weighted by atomic mass is 9.96. The zero-order chi connectivity index (χ0) is 17.9. The fourth-order valence-electron chi connectivity index (χ4n) is 2.63. The lowest BCUT2D eigenvalue weighted by molar-refractivity contribution is 0.0957. The molecule has 0 saturated carbocycles. The maximum Gasteiger partial charge on any atom is 0.206 e. The van der Waals surface area contributed by atoms with Crippen LogP contribution >= 0.6 is 0 Å².